The highest BCUT2D eigenvalue weighted by molar-refractivity contribution is 4.82. The molecule has 17 heavy (non-hydrogen) atoms. The van der Waals surface area contributed by atoms with Gasteiger partial charge in [0, 0.05) is 32.3 Å². The third kappa shape index (κ3) is 7.71. The van der Waals surface area contributed by atoms with Crippen molar-refractivity contribution in [2.75, 3.05) is 46.6 Å². The minimum atomic E-state index is 0.0859. The molecule has 104 valence electrons. The summed E-state index contributed by atoms with van der Waals surface area (Å²) in [6.45, 7) is 11.6. The normalized spacial score (nSPS) is 12.4. The summed E-state index contributed by atoms with van der Waals surface area (Å²) in [7, 11) is 1.69. The van der Waals surface area contributed by atoms with Crippen LogP contribution in [-0.4, -0.2) is 57.0 Å². The van der Waals surface area contributed by atoms with E-state index in [0.29, 0.717) is 19.8 Å². The maximum Gasteiger partial charge on any atom is 0.0700 e. The average Bonchev–Trinajstić information content (AvgIpc) is 2.32. The van der Waals surface area contributed by atoms with Crippen LogP contribution in [0.15, 0.2) is 0 Å². The summed E-state index contributed by atoms with van der Waals surface area (Å²) in [4.78, 5) is 2.45. The molecule has 0 saturated heterocycles. The van der Waals surface area contributed by atoms with Crippen LogP contribution in [0.25, 0.3) is 0 Å². The molecule has 0 heterocycles. The highest BCUT2D eigenvalue weighted by Gasteiger charge is 2.23. The van der Waals surface area contributed by atoms with Gasteiger partial charge in [0.2, 0.25) is 0 Å². The maximum absolute atomic E-state index is 5.82. The van der Waals surface area contributed by atoms with E-state index in [9.17, 15) is 0 Å². The van der Waals surface area contributed by atoms with Crippen molar-refractivity contribution < 1.29 is 9.47 Å². The average molecular weight is 246 g/mol. The Morgan fingerprint density at radius 1 is 1.12 bits per heavy atom. The summed E-state index contributed by atoms with van der Waals surface area (Å²) in [5.74, 6) is 0. The Labute approximate surface area is 106 Å². The summed E-state index contributed by atoms with van der Waals surface area (Å²) in [6.07, 6.45) is 2.21. The smallest absolute Gasteiger partial charge is 0.0700 e. The molecular formula is C13H30N2O2. The lowest BCUT2D eigenvalue weighted by Crippen LogP contribution is -2.50. The van der Waals surface area contributed by atoms with E-state index in [1.165, 1.54) is 0 Å². The van der Waals surface area contributed by atoms with Crippen molar-refractivity contribution >= 4 is 0 Å². The van der Waals surface area contributed by atoms with Crippen molar-refractivity contribution in [3.63, 3.8) is 0 Å². The molecule has 2 N–H and O–H groups in total. The maximum atomic E-state index is 5.82. The van der Waals surface area contributed by atoms with Crippen molar-refractivity contribution in [1.29, 1.82) is 0 Å². The van der Waals surface area contributed by atoms with Crippen LogP contribution in [0.5, 0.6) is 0 Å². The van der Waals surface area contributed by atoms with Gasteiger partial charge in [-0.15, -0.1) is 0 Å². The first-order valence-corrected chi connectivity index (χ1v) is 6.60. The first kappa shape index (κ1) is 16.8. The van der Waals surface area contributed by atoms with Gasteiger partial charge in [0.05, 0.1) is 13.2 Å². The highest BCUT2D eigenvalue weighted by atomic mass is 16.5. The van der Waals surface area contributed by atoms with Gasteiger partial charge in [0.15, 0.2) is 0 Å². The quantitative estimate of drug-likeness (QED) is 0.561. The molecule has 4 nitrogen and oxygen atoms in total. The molecule has 0 amide bonds. The molecule has 0 spiro atoms. The van der Waals surface area contributed by atoms with Crippen LogP contribution in [0.3, 0.4) is 0 Å². The Bertz CT molecular complexity index is 175. The lowest BCUT2D eigenvalue weighted by atomic mass is 10.0. The van der Waals surface area contributed by atoms with Gasteiger partial charge in [-0.05, 0) is 33.2 Å². The van der Waals surface area contributed by atoms with Crippen molar-refractivity contribution in [3.8, 4) is 0 Å². The van der Waals surface area contributed by atoms with Gasteiger partial charge in [-0.1, -0.05) is 6.92 Å². The zero-order valence-corrected chi connectivity index (χ0v) is 12.0. The van der Waals surface area contributed by atoms with Gasteiger partial charge in [0.25, 0.3) is 0 Å². The fourth-order valence-electron chi connectivity index (χ4n) is 1.72. The minimum absolute atomic E-state index is 0.0859. The third-order valence-electron chi connectivity index (χ3n) is 3.00. The van der Waals surface area contributed by atoms with Crippen LogP contribution >= 0.6 is 0 Å². The number of hydrogen-bond acceptors (Lipinski definition) is 4. The van der Waals surface area contributed by atoms with E-state index < -0.39 is 0 Å². The molecule has 0 fully saturated rings. The molecule has 0 aromatic carbocycles. The predicted molar refractivity (Wildman–Crippen MR) is 72.3 cm³/mol. The summed E-state index contributed by atoms with van der Waals surface area (Å²) in [5, 5.41) is 0. The second-order valence-corrected chi connectivity index (χ2v) is 4.96. The Kier molecular flexibility index (Phi) is 9.74. The second kappa shape index (κ2) is 9.83. The van der Waals surface area contributed by atoms with Crippen molar-refractivity contribution in [1.82, 2.24) is 4.90 Å². The lowest BCUT2D eigenvalue weighted by Gasteiger charge is -2.37. The van der Waals surface area contributed by atoms with Crippen molar-refractivity contribution in [2.45, 2.75) is 39.2 Å². The van der Waals surface area contributed by atoms with Gasteiger partial charge < -0.3 is 15.2 Å². The number of nitrogens with two attached hydrogens (primary N) is 1. The lowest BCUT2D eigenvalue weighted by molar-refractivity contribution is 0.0562. The molecule has 0 aromatic heterocycles. The molecule has 0 saturated carbocycles. The van der Waals surface area contributed by atoms with E-state index in [1.807, 2.05) is 0 Å². The van der Waals surface area contributed by atoms with Crippen LogP contribution in [0, 0.1) is 0 Å². The third-order valence-corrected chi connectivity index (χ3v) is 3.00. The van der Waals surface area contributed by atoms with E-state index >= 15 is 0 Å². The predicted octanol–water partition coefficient (Wildman–Crippen LogP) is 1.49. The summed E-state index contributed by atoms with van der Waals surface area (Å²) < 4.78 is 10.4. The molecule has 0 aliphatic heterocycles. The molecule has 0 bridgehead atoms. The SMILES string of the molecule is CCCN(CCCOCCOC)C(C)(C)CN. The Morgan fingerprint density at radius 3 is 2.35 bits per heavy atom. The van der Waals surface area contributed by atoms with Gasteiger partial charge in [-0.3, -0.25) is 4.90 Å². The van der Waals surface area contributed by atoms with E-state index in [2.05, 4.69) is 25.7 Å². The molecule has 4 heteroatoms. The standard InChI is InChI=1S/C13H30N2O2/c1-5-7-15(13(2,3)12-14)8-6-9-17-11-10-16-4/h5-12,14H2,1-4H3. The summed E-state index contributed by atoms with van der Waals surface area (Å²) >= 11 is 0. The highest BCUT2D eigenvalue weighted by Crippen LogP contribution is 2.13. The minimum Gasteiger partial charge on any atom is -0.382 e. The first-order chi connectivity index (χ1) is 8.08. The molecule has 0 radical (unpaired) electrons. The van der Waals surface area contributed by atoms with Crippen LogP contribution in [-0.2, 0) is 9.47 Å². The van der Waals surface area contributed by atoms with Gasteiger partial charge in [0.1, 0.15) is 0 Å². The molecule has 0 atom stereocenters. The largest absolute Gasteiger partial charge is 0.382 e. The zero-order chi connectivity index (χ0) is 13.1. The van der Waals surface area contributed by atoms with Crippen LogP contribution in [0.1, 0.15) is 33.6 Å². The topological polar surface area (TPSA) is 47.7 Å². The Morgan fingerprint density at radius 2 is 1.82 bits per heavy atom. The number of nitrogens with zero attached hydrogens (tertiary/aromatic N) is 1. The van der Waals surface area contributed by atoms with E-state index in [4.69, 9.17) is 15.2 Å². The van der Waals surface area contributed by atoms with Gasteiger partial charge >= 0.3 is 0 Å². The molecule has 0 aliphatic rings. The van der Waals surface area contributed by atoms with Gasteiger partial charge in [-0.2, -0.15) is 0 Å². The summed E-state index contributed by atoms with van der Waals surface area (Å²) in [5.41, 5.74) is 5.90. The fraction of sp³-hybridized carbons (Fsp3) is 1.00. The summed E-state index contributed by atoms with van der Waals surface area (Å²) in [6, 6.07) is 0. The monoisotopic (exact) mass is 246 g/mol. The van der Waals surface area contributed by atoms with Crippen LogP contribution < -0.4 is 5.73 Å². The molecule has 0 aliphatic carbocycles. The van der Waals surface area contributed by atoms with Crippen LogP contribution in [0.2, 0.25) is 0 Å². The number of ether oxygens (including phenoxy) is 2. The van der Waals surface area contributed by atoms with E-state index in [0.717, 1.165) is 32.5 Å². The zero-order valence-electron chi connectivity index (χ0n) is 12.0. The Balaban J connectivity index is 3.78. The van der Waals surface area contributed by atoms with Gasteiger partial charge in [-0.25, -0.2) is 0 Å². The van der Waals surface area contributed by atoms with Crippen LogP contribution in [0.4, 0.5) is 0 Å². The fourth-order valence-corrected chi connectivity index (χ4v) is 1.72. The number of rotatable bonds is 11. The van der Waals surface area contributed by atoms with E-state index in [1.54, 1.807) is 7.11 Å². The second-order valence-electron chi connectivity index (χ2n) is 4.96. The van der Waals surface area contributed by atoms with E-state index in [-0.39, 0.29) is 5.54 Å². The Hall–Kier alpha value is -0.160. The molecule has 0 aromatic rings. The van der Waals surface area contributed by atoms with Crippen molar-refractivity contribution in [3.05, 3.63) is 0 Å². The van der Waals surface area contributed by atoms with Crippen molar-refractivity contribution in [2.24, 2.45) is 5.73 Å². The number of methoxy groups -OCH3 is 1. The first-order valence-electron chi connectivity index (χ1n) is 6.60. The molecule has 0 unspecified atom stereocenters. The molecule has 0 rings (SSSR count). The number of hydrogen-bond donors (Lipinski definition) is 1. The molecular weight excluding hydrogens is 216 g/mol.